The molecule has 7 rings (SSSR count). The number of nitrogens with zero attached hydrogens (tertiary/aromatic N) is 2. The van der Waals surface area contributed by atoms with E-state index in [1.54, 1.807) is 54.6 Å². The molecule has 3 fully saturated rings. The number of rotatable bonds is 3. The fraction of sp³-hybridized carbons (Fsp3) is 0.250. The Morgan fingerprint density at radius 1 is 0.675 bits per heavy atom. The molecule has 200 valence electrons. The van der Waals surface area contributed by atoms with Gasteiger partial charge in [0.2, 0.25) is 23.6 Å². The average molecular weight is 553 g/mol. The van der Waals surface area contributed by atoms with Crippen molar-refractivity contribution >= 4 is 46.6 Å². The summed E-state index contributed by atoms with van der Waals surface area (Å²) in [4.78, 5) is 58.0. The number of carbonyl (C=O) groups excluding carboxylic acids is 4. The van der Waals surface area contributed by atoms with Gasteiger partial charge in [0, 0.05) is 10.9 Å². The van der Waals surface area contributed by atoms with Crippen LogP contribution in [0.5, 0.6) is 5.75 Å². The summed E-state index contributed by atoms with van der Waals surface area (Å²) in [5.74, 6) is -4.69. The van der Waals surface area contributed by atoms with Crippen molar-refractivity contribution < 1.29 is 24.3 Å². The Morgan fingerprint density at radius 2 is 1.25 bits per heavy atom. The standard InChI is InChI=1S/C32H25ClN2O5/c33-25-15-19(36)11-12-21(25)26-20-13-14-22-27(31(39)34(29(22)37)17-7-3-1-4-8-17)23(20)16-24-28(26)32(40)35(30(24)38)18-9-5-2-6-10-18/h1-13,15,22-24,26-28,36H,14,16H2/t22-,23+,24+,26+,27-,28+/m0/s1. The first kappa shape index (κ1) is 24.8. The summed E-state index contributed by atoms with van der Waals surface area (Å²) in [6, 6.07) is 22.4. The number of anilines is 2. The number of carbonyl (C=O) groups is 4. The van der Waals surface area contributed by atoms with Gasteiger partial charge < -0.3 is 5.11 Å². The van der Waals surface area contributed by atoms with Gasteiger partial charge in [0.15, 0.2) is 0 Å². The second-order valence-corrected chi connectivity index (χ2v) is 11.3. The molecule has 0 unspecified atom stereocenters. The molecule has 0 aromatic heterocycles. The number of halogens is 1. The number of benzene rings is 3. The molecule has 1 saturated carbocycles. The molecule has 1 N–H and O–H groups in total. The highest BCUT2D eigenvalue weighted by Crippen LogP contribution is 2.59. The molecule has 7 nitrogen and oxygen atoms in total. The first-order valence-corrected chi connectivity index (χ1v) is 13.8. The molecule has 2 aliphatic heterocycles. The number of amides is 4. The number of fused-ring (bicyclic) bond motifs is 4. The minimum atomic E-state index is -0.716. The lowest BCUT2D eigenvalue weighted by molar-refractivity contribution is -0.126. The van der Waals surface area contributed by atoms with Crippen molar-refractivity contribution in [2.75, 3.05) is 9.80 Å². The van der Waals surface area contributed by atoms with E-state index in [4.69, 9.17) is 11.6 Å². The second-order valence-electron chi connectivity index (χ2n) is 10.9. The van der Waals surface area contributed by atoms with Crippen molar-refractivity contribution in [3.05, 3.63) is 101 Å². The minimum Gasteiger partial charge on any atom is -0.508 e. The molecule has 2 heterocycles. The Balaban J connectivity index is 1.36. The van der Waals surface area contributed by atoms with Crippen molar-refractivity contribution in [2.24, 2.45) is 29.6 Å². The van der Waals surface area contributed by atoms with Crippen LogP contribution in [0.1, 0.15) is 24.3 Å². The minimum absolute atomic E-state index is 0.00912. The Bertz CT molecular complexity index is 1600. The Hall–Kier alpha value is -4.23. The van der Waals surface area contributed by atoms with Crippen LogP contribution in [-0.4, -0.2) is 28.7 Å². The Kier molecular flexibility index (Phi) is 5.68. The van der Waals surface area contributed by atoms with E-state index in [0.717, 1.165) is 5.57 Å². The molecular weight excluding hydrogens is 528 g/mol. The van der Waals surface area contributed by atoms with Gasteiger partial charge >= 0.3 is 0 Å². The molecule has 2 saturated heterocycles. The Labute approximate surface area is 235 Å². The predicted molar refractivity (Wildman–Crippen MR) is 148 cm³/mol. The summed E-state index contributed by atoms with van der Waals surface area (Å²) in [7, 11) is 0. The molecule has 0 spiro atoms. The first-order chi connectivity index (χ1) is 19.4. The molecule has 6 atom stereocenters. The van der Waals surface area contributed by atoms with Crippen LogP contribution in [-0.2, 0) is 19.2 Å². The lowest BCUT2D eigenvalue weighted by Gasteiger charge is -2.44. The third kappa shape index (κ3) is 3.50. The normalized spacial score (nSPS) is 29.3. The molecule has 3 aromatic carbocycles. The number of imide groups is 2. The van der Waals surface area contributed by atoms with E-state index < -0.39 is 35.5 Å². The smallest absolute Gasteiger partial charge is 0.238 e. The zero-order valence-corrected chi connectivity index (χ0v) is 22.1. The van der Waals surface area contributed by atoms with Crippen molar-refractivity contribution in [1.29, 1.82) is 0 Å². The fourth-order valence-corrected chi connectivity index (χ4v) is 7.66. The predicted octanol–water partition coefficient (Wildman–Crippen LogP) is 5.09. The quantitative estimate of drug-likeness (QED) is 0.361. The van der Waals surface area contributed by atoms with Gasteiger partial charge in [-0.3, -0.25) is 29.0 Å². The number of allylic oxidation sites excluding steroid dienone is 2. The first-order valence-electron chi connectivity index (χ1n) is 13.4. The number of phenols is 1. The molecule has 3 aromatic rings. The van der Waals surface area contributed by atoms with Crippen LogP contribution >= 0.6 is 11.6 Å². The van der Waals surface area contributed by atoms with E-state index in [2.05, 4.69) is 0 Å². The maximum absolute atomic E-state index is 14.0. The molecule has 2 aliphatic carbocycles. The number of aromatic hydroxyl groups is 1. The van der Waals surface area contributed by atoms with Crippen LogP contribution in [0.25, 0.3) is 0 Å². The number of hydrogen-bond donors (Lipinski definition) is 1. The summed E-state index contributed by atoms with van der Waals surface area (Å²) >= 11 is 6.66. The Morgan fingerprint density at radius 3 is 1.85 bits per heavy atom. The maximum Gasteiger partial charge on any atom is 0.238 e. The summed E-state index contributed by atoms with van der Waals surface area (Å²) < 4.78 is 0. The van der Waals surface area contributed by atoms with Crippen molar-refractivity contribution in [2.45, 2.75) is 18.8 Å². The summed E-state index contributed by atoms with van der Waals surface area (Å²) in [5.41, 5.74) is 2.51. The molecule has 4 aliphatic rings. The number of hydrogen-bond acceptors (Lipinski definition) is 5. The van der Waals surface area contributed by atoms with Gasteiger partial charge in [-0.1, -0.05) is 65.7 Å². The number of para-hydroxylation sites is 2. The third-order valence-electron chi connectivity index (χ3n) is 9.00. The monoisotopic (exact) mass is 552 g/mol. The molecule has 0 bridgehead atoms. The van der Waals surface area contributed by atoms with Gasteiger partial charge in [0.05, 0.1) is 35.0 Å². The van der Waals surface area contributed by atoms with Crippen LogP contribution in [0.3, 0.4) is 0 Å². The van der Waals surface area contributed by atoms with E-state index in [-0.39, 0.29) is 34.4 Å². The molecule has 8 heteroatoms. The van der Waals surface area contributed by atoms with Gasteiger partial charge in [0.1, 0.15) is 5.75 Å². The van der Waals surface area contributed by atoms with E-state index in [1.165, 1.54) is 21.9 Å². The van der Waals surface area contributed by atoms with Crippen LogP contribution in [0.15, 0.2) is 90.5 Å². The van der Waals surface area contributed by atoms with E-state index >= 15 is 0 Å². The van der Waals surface area contributed by atoms with Crippen LogP contribution < -0.4 is 9.80 Å². The van der Waals surface area contributed by atoms with E-state index in [0.29, 0.717) is 29.8 Å². The topological polar surface area (TPSA) is 95.0 Å². The largest absolute Gasteiger partial charge is 0.508 e. The van der Waals surface area contributed by atoms with Crippen LogP contribution in [0, 0.1) is 29.6 Å². The SMILES string of the molecule is O=C1[C@H]2[C@H](CC=C3[C@H]2C[C@H]2C(=O)N(c4ccccc4)C(=O)[C@H]2[C@H]3c2ccc(O)cc2Cl)C(=O)N1c1ccccc1. The lowest BCUT2D eigenvalue weighted by atomic mass is 9.57. The highest BCUT2D eigenvalue weighted by Gasteiger charge is 2.62. The van der Waals surface area contributed by atoms with Crippen molar-refractivity contribution in [3.8, 4) is 5.75 Å². The van der Waals surface area contributed by atoms with Gasteiger partial charge in [-0.05, 0) is 60.7 Å². The number of phenolic OH excluding ortho intramolecular Hbond substituents is 1. The maximum atomic E-state index is 14.0. The molecular formula is C32H25ClN2O5. The highest BCUT2D eigenvalue weighted by molar-refractivity contribution is 6.32. The lowest BCUT2D eigenvalue weighted by Crippen LogP contribution is -2.43. The van der Waals surface area contributed by atoms with Crippen LogP contribution in [0.2, 0.25) is 5.02 Å². The second kappa shape index (κ2) is 9.17. The van der Waals surface area contributed by atoms with Gasteiger partial charge in [0.25, 0.3) is 0 Å². The summed E-state index contributed by atoms with van der Waals surface area (Å²) in [6.07, 6.45) is 2.64. The van der Waals surface area contributed by atoms with E-state index in [1.807, 2.05) is 18.2 Å². The summed E-state index contributed by atoms with van der Waals surface area (Å²) in [5, 5.41) is 10.3. The van der Waals surface area contributed by atoms with Gasteiger partial charge in [-0.2, -0.15) is 0 Å². The summed E-state index contributed by atoms with van der Waals surface area (Å²) in [6.45, 7) is 0. The average Bonchev–Trinajstić information content (AvgIpc) is 3.37. The van der Waals surface area contributed by atoms with Gasteiger partial charge in [-0.25, -0.2) is 0 Å². The molecule has 0 radical (unpaired) electrons. The fourth-order valence-electron chi connectivity index (χ4n) is 7.37. The van der Waals surface area contributed by atoms with Crippen molar-refractivity contribution in [3.63, 3.8) is 0 Å². The van der Waals surface area contributed by atoms with E-state index in [9.17, 15) is 24.3 Å². The van der Waals surface area contributed by atoms with Gasteiger partial charge in [-0.15, -0.1) is 0 Å². The zero-order chi connectivity index (χ0) is 27.7. The molecule has 4 amide bonds. The molecule has 40 heavy (non-hydrogen) atoms. The van der Waals surface area contributed by atoms with Crippen LogP contribution in [0.4, 0.5) is 11.4 Å². The van der Waals surface area contributed by atoms with Crippen molar-refractivity contribution in [1.82, 2.24) is 0 Å². The highest BCUT2D eigenvalue weighted by atomic mass is 35.5. The third-order valence-corrected chi connectivity index (χ3v) is 9.32. The zero-order valence-electron chi connectivity index (χ0n) is 21.3.